The van der Waals surface area contributed by atoms with E-state index in [-0.39, 0.29) is 4.75 Å². The fraction of sp³-hybridized carbons (Fsp3) is 0.538. The standard InChI is InChI=1S/C13H19N3O2S/c1-13(2)8-16(4-5-19-13)11-10(12(17)18-3)6-9(14)7-15-11/h6-7H,4-5,8,14H2,1-3H3. The molecule has 1 aromatic rings. The van der Waals surface area contributed by atoms with Gasteiger partial charge in [0.25, 0.3) is 0 Å². The van der Waals surface area contributed by atoms with Gasteiger partial charge in [-0.15, -0.1) is 0 Å². The highest BCUT2D eigenvalue weighted by molar-refractivity contribution is 8.00. The summed E-state index contributed by atoms with van der Waals surface area (Å²) in [6, 6.07) is 1.63. The summed E-state index contributed by atoms with van der Waals surface area (Å²) in [5.74, 6) is 1.28. The van der Waals surface area contributed by atoms with E-state index in [2.05, 4.69) is 23.7 Å². The van der Waals surface area contributed by atoms with Crippen molar-refractivity contribution in [3.05, 3.63) is 17.8 Å². The lowest BCUT2D eigenvalue weighted by Crippen LogP contribution is -2.44. The molecular formula is C13H19N3O2S. The topological polar surface area (TPSA) is 68.5 Å². The van der Waals surface area contributed by atoms with Crippen LogP contribution < -0.4 is 10.6 Å². The largest absolute Gasteiger partial charge is 0.465 e. The number of carbonyl (C=O) groups excluding carboxylic acids is 1. The van der Waals surface area contributed by atoms with Crippen molar-refractivity contribution in [2.45, 2.75) is 18.6 Å². The summed E-state index contributed by atoms with van der Waals surface area (Å²) in [6.45, 7) is 6.10. The molecule has 0 aliphatic carbocycles. The van der Waals surface area contributed by atoms with Crippen LogP contribution in [-0.2, 0) is 4.74 Å². The molecule has 2 rings (SSSR count). The van der Waals surface area contributed by atoms with E-state index in [9.17, 15) is 4.79 Å². The molecule has 1 aromatic heterocycles. The molecule has 0 radical (unpaired) electrons. The SMILES string of the molecule is COC(=O)c1cc(N)cnc1N1CCSC(C)(C)C1. The van der Waals surface area contributed by atoms with Gasteiger partial charge in [-0.1, -0.05) is 0 Å². The predicted molar refractivity (Wildman–Crippen MR) is 78.7 cm³/mol. The fourth-order valence-corrected chi connectivity index (χ4v) is 3.29. The Bertz CT molecular complexity index is 491. The normalized spacial score (nSPS) is 18.2. The number of carbonyl (C=O) groups is 1. The van der Waals surface area contributed by atoms with E-state index >= 15 is 0 Å². The number of anilines is 2. The second-order valence-corrected chi connectivity index (χ2v) is 6.96. The Balaban J connectivity index is 2.36. The number of aromatic nitrogens is 1. The van der Waals surface area contributed by atoms with Crippen molar-refractivity contribution in [1.29, 1.82) is 0 Å². The minimum atomic E-state index is -0.397. The van der Waals surface area contributed by atoms with Gasteiger partial charge in [-0.2, -0.15) is 11.8 Å². The lowest BCUT2D eigenvalue weighted by molar-refractivity contribution is 0.0601. The van der Waals surface area contributed by atoms with Gasteiger partial charge in [-0.05, 0) is 19.9 Å². The van der Waals surface area contributed by atoms with Crippen molar-refractivity contribution < 1.29 is 9.53 Å². The monoisotopic (exact) mass is 281 g/mol. The lowest BCUT2D eigenvalue weighted by Gasteiger charge is -2.38. The number of nitrogen functional groups attached to an aromatic ring is 1. The van der Waals surface area contributed by atoms with Crippen LogP contribution in [0.25, 0.3) is 0 Å². The molecule has 1 fully saturated rings. The average Bonchev–Trinajstić information content (AvgIpc) is 2.36. The summed E-state index contributed by atoms with van der Waals surface area (Å²) in [6.07, 6.45) is 1.58. The third kappa shape index (κ3) is 3.12. The first-order chi connectivity index (χ1) is 8.93. The van der Waals surface area contributed by atoms with Crippen LogP contribution in [-0.4, -0.2) is 41.7 Å². The Labute approximate surface area is 117 Å². The first-order valence-corrected chi connectivity index (χ1v) is 7.14. The third-order valence-corrected chi connectivity index (χ3v) is 4.32. The average molecular weight is 281 g/mol. The molecule has 2 heterocycles. The first-order valence-electron chi connectivity index (χ1n) is 6.16. The van der Waals surface area contributed by atoms with Crippen molar-refractivity contribution in [1.82, 2.24) is 4.98 Å². The van der Waals surface area contributed by atoms with Crippen molar-refractivity contribution in [2.24, 2.45) is 0 Å². The van der Waals surface area contributed by atoms with Crippen molar-refractivity contribution in [3.8, 4) is 0 Å². The molecule has 2 N–H and O–H groups in total. The maximum Gasteiger partial charge on any atom is 0.341 e. The number of methoxy groups -OCH3 is 1. The van der Waals surface area contributed by atoms with E-state index in [1.54, 1.807) is 12.3 Å². The van der Waals surface area contributed by atoms with Gasteiger partial charge in [0.1, 0.15) is 11.4 Å². The van der Waals surface area contributed by atoms with Crippen LogP contribution in [0.15, 0.2) is 12.3 Å². The molecule has 1 aliphatic rings. The molecular weight excluding hydrogens is 262 g/mol. The van der Waals surface area contributed by atoms with Crippen molar-refractivity contribution >= 4 is 29.2 Å². The summed E-state index contributed by atoms with van der Waals surface area (Å²) in [4.78, 5) is 18.3. The van der Waals surface area contributed by atoms with E-state index in [1.165, 1.54) is 7.11 Å². The molecule has 0 unspecified atom stereocenters. The lowest BCUT2D eigenvalue weighted by atomic mass is 10.1. The van der Waals surface area contributed by atoms with Gasteiger partial charge >= 0.3 is 5.97 Å². The zero-order valence-electron chi connectivity index (χ0n) is 11.5. The Morgan fingerprint density at radius 3 is 2.95 bits per heavy atom. The number of nitrogens with two attached hydrogens (primary N) is 1. The Morgan fingerprint density at radius 1 is 1.58 bits per heavy atom. The third-order valence-electron chi connectivity index (χ3n) is 3.02. The molecule has 104 valence electrons. The van der Waals surface area contributed by atoms with Crippen LogP contribution in [0.2, 0.25) is 0 Å². The summed E-state index contributed by atoms with van der Waals surface area (Å²) in [5, 5.41) is 0. The van der Waals surface area contributed by atoms with Crippen LogP contribution >= 0.6 is 11.8 Å². The molecule has 0 saturated carbocycles. The molecule has 0 bridgehead atoms. The molecule has 0 spiro atoms. The van der Waals surface area contributed by atoms with E-state index in [0.29, 0.717) is 17.1 Å². The predicted octanol–water partition coefficient (Wildman–Crippen LogP) is 1.78. The van der Waals surface area contributed by atoms with Gasteiger partial charge in [0.15, 0.2) is 0 Å². The minimum absolute atomic E-state index is 0.148. The maximum absolute atomic E-state index is 11.8. The number of ether oxygens (including phenoxy) is 1. The quantitative estimate of drug-likeness (QED) is 0.833. The van der Waals surface area contributed by atoms with Crippen molar-refractivity contribution in [2.75, 3.05) is 36.6 Å². The second kappa shape index (κ2) is 5.28. The number of nitrogens with zero attached hydrogens (tertiary/aromatic N) is 2. The molecule has 0 amide bonds. The Morgan fingerprint density at radius 2 is 2.32 bits per heavy atom. The van der Waals surface area contributed by atoms with Crippen LogP contribution in [0.5, 0.6) is 0 Å². The highest BCUT2D eigenvalue weighted by atomic mass is 32.2. The fourth-order valence-electron chi connectivity index (χ4n) is 2.18. The van der Waals surface area contributed by atoms with E-state index in [1.807, 2.05) is 11.8 Å². The highest BCUT2D eigenvalue weighted by Gasteiger charge is 2.30. The molecule has 5 nitrogen and oxygen atoms in total. The van der Waals surface area contributed by atoms with Crippen LogP contribution in [0.4, 0.5) is 11.5 Å². The van der Waals surface area contributed by atoms with Gasteiger partial charge in [0.2, 0.25) is 0 Å². The summed E-state index contributed by atoms with van der Waals surface area (Å²) < 4.78 is 4.96. The second-order valence-electron chi connectivity index (χ2n) is 5.16. The molecule has 0 atom stereocenters. The molecule has 6 heteroatoms. The smallest absolute Gasteiger partial charge is 0.341 e. The van der Waals surface area contributed by atoms with Crippen molar-refractivity contribution in [3.63, 3.8) is 0 Å². The number of pyridine rings is 1. The number of rotatable bonds is 2. The zero-order valence-corrected chi connectivity index (χ0v) is 12.3. The summed E-state index contributed by atoms with van der Waals surface area (Å²) in [5.41, 5.74) is 6.61. The summed E-state index contributed by atoms with van der Waals surface area (Å²) in [7, 11) is 1.37. The van der Waals surface area contributed by atoms with Gasteiger partial charge in [-0.3, -0.25) is 0 Å². The van der Waals surface area contributed by atoms with Gasteiger partial charge in [-0.25, -0.2) is 9.78 Å². The van der Waals surface area contributed by atoms with Crippen LogP contribution in [0.3, 0.4) is 0 Å². The van der Waals surface area contributed by atoms with E-state index in [4.69, 9.17) is 10.5 Å². The molecule has 19 heavy (non-hydrogen) atoms. The molecule has 0 aromatic carbocycles. The number of esters is 1. The van der Waals surface area contributed by atoms with Crippen LogP contribution in [0.1, 0.15) is 24.2 Å². The molecule has 1 aliphatic heterocycles. The van der Waals surface area contributed by atoms with Gasteiger partial charge in [0.05, 0.1) is 19.0 Å². The highest BCUT2D eigenvalue weighted by Crippen LogP contribution is 2.33. The Kier molecular flexibility index (Phi) is 3.89. The first kappa shape index (κ1) is 14.0. The minimum Gasteiger partial charge on any atom is -0.465 e. The number of hydrogen-bond donors (Lipinski definition) is 1. The molecule has 1 saturated heterocycles. The Hall–Kier alpha value is -1.43. The van der Waals surface area contributed by atoms with Crippen LogP contribution in [0, 0.1) is 0 Å². The zero-order chi connectivity index (χ0) is 14.0. The van der Waals surface area contributed by atoms with Gasteiger partial charge in [0, 0.05) is 23.6 Å². The summed E-state index contributed by atoms with van der Waals surface area (Å²) >= 11 is 1.93. The number of thioether (sulfide) groups is 1. The number of hydrogen-bond acceptors (Lipinski definition) is 6. The van der Waals surface area contributed by atoms with E-state index in [0.717, 1.165) is 18.8 Å². The maximum atomic E-state index is 11.8. The van der Waals surface area contributed by atoms with E-state index < -0.39 is 5.97 Å². The van der Waals surface area contributed by atoms with Gasteiger partial charge < -0.3 is 15.4 Å².